The minimum absolute atomic E-state index is 0.235. The maximum atomic E-state index is 5.55. The van der Waals surface area contributed by atoms with Crippen molar-refractivity contribution in [1.29, 1.82) is 0 Å². The maximum Gasteiger partial charge on any atom is 0.161 e. The molecule has 1 aliphatic rings. The summed E-state index contributed by atoms with van der Waals surface area (Å²) in [7, 11) is 5.08. The van der Waals surface area contributed by atoms with E-state index >= 15 is 0 Å². The number of ether oxygens (including phenoxy) is 3. The SMILES string of the molecule is COc1ccc2cc(C(C)C3NCCc4cc(OC)c(OC)cc43)ccc2c1. The van der Waals surface area contributed by atoms with E-state index in [0.717, 1.165) is 30.2 Å². The molecule has 1 heterocycles. The van der Waals surface area contributed by atoms with Gasteiger partial charge in [-0.2, -0.15) is 0 Å². The van der Waals surface area contributed by atoms with Crippen LogP contribution >= 0.6 is 0 Å². The van der Waals surface area contributed by atoms with Gasteiger partial charge in [0.25, 0.3) is 0 Å². The largest absolute Gasteiger partial charge is 0.497 e. The highest BCUT2D eigenvalue weighted by molar-refractivity contribution is 5.84. The summed E-state index contributed by atoms with van der Waals surface area (Å²) in [6.45, 7) is 3.25. The zero-order valence-electron chi connectivity index (χ0n) is 16.9. The molecule has 0 aromatic heterocycles. The summed E-state index contributed by atoms with van der Waals surface area (Å²) < 4.78 is 16.4. The Labute approximate surface area is 166 Å². The second kappa shape index (κ2) is 7.72. The van der Waals surface area contributed by atoms with E-state index in [4.69, 9.17) is 14.2 Å². The number of hydrogen-bond donors (Lipinski definition) is 1. The van der Waals surface area contributed by atoms with Crippen molar-refractivity contribution in [2.24, 2.45) is 0 Å². The molecule has 1 N–H and O–H groups in total. The molecule has 0 fully saturated rings. The van der Waals surface area contributed by atoms with Crippen molar-refractivity contribution >= 4 is 10.8 Å². The fourth-order valence-electron chi connectivity index (χ4n) is 4.21. The van der Waals surface area contributed by atoms with Crippen LogP contribution in [0.1, 0.15) is 35.6 Å². The van der Waals surface area contributed by atoms with E-state index in [-0.39, 0.29) is 6.04 Å². The van der Waals surface area contributed by atoms with E-state index in [9.17, 15) is 0 Å². The zero-order chi connectivity index (χ0) is 19.7. The van der Waals surface area contributed by atoms with Crippen LogP contribution in [-0.4, -0.2) is 27.9 Å². The molecule has 0 amide bonds. The Kier molecular flexibility index (Phi) is 5.14. The van der Waals surface area contributed by atoms with Crippen LogP contribution in [-0.2, 0) is 6.42 Å². The third kappa shape index (κ3) is 3.29. The van der Waals surface area contributed by atoms with Crippen molar-refractivity contribution in [3.8, 4) is 17.2 Å². The summed E-state index contributed by atoms with van der Waals surface area (Å²) in [5, 5.41) is 6.14. The van der Waals surface area contributed by atoms with E-state index in [1.54, 1.807) is 21.3 Å². The van der Waals surface area contributed by atoms with Gasteiger partial charge in [-0.1, -0.05) is 31.2 Å². The molecule has 1 aliphatic heterocycles. The summed E-state index contributed by atoms with van der Waals surface area (Å²) in [6.07, 6.45) is 0.996. The van der Waals surface area contributed by atoms with Gasteiger partial charge < -0.3 is 19.5 Å². The molecule has 0 bridgehead atoms. The molecule has 0 radical (unpaired) electrons. The Balaban J connectivity index is 1.71. The normalized spacial score (nSPS) is 17.1. The minimum Gasteiger partial charge on any atom is -0.497 e. The lowest BCUT2D eigenvalue weighted by atomic mass is 9.83. The topological polar surface area (TPSA) is 39.7 Å². The molecule has 4 nitrogen and oxygen atoms in total. The molecule has 146 valence electrons. The lowest BCUT2D eigenvalue weighted by molar-refractivity contribution is 0.351. The minimum atomic E-state index is 0.235. The van der Waals surface area contributed by atoms with Crippen LogP contribution < -0.4 is 19.5 Å². The molecule has 2 atom stereocenters. The average molecular weight is 377 g/mol. The highest BCUT2D eigenvalue weighted by Crippen LogP contribution is 2.40. The van der Waals surface area contributed by atoms with Crippen LogP contribution in [0.2, 0.25) is 0 Å². The van der Waals surface area contributed by atoms with Gasteiger partial charge in [-0.05, 0) is 64.7 Å². The van der Waals surface area contributed by atoms with Crippen LogP contribution in [0.25, 0.3) is 10.8 Å². The van der Waals surface area contributed by atoms with Crippen molar-refractivity contribution in [3.63, 3.8) is 0 Å². The molecular formula is C24H27NO3. The van der Waals surface area contributed by atoms with E-state index in [2.05, 4.69) is 54.7 Å². The summed E-state index contributed by atoms with van der Waals surface area (Å²) in [5.74, 6) is 2.79. The van der Waals surface area contributed by atoms with Crippen molar-refractivity contribution in [2.75, 3.05) is 27.9 Å². The number of benzene rings is 3. The quantitative estimate of drug-likeness (QED) is 0.690. The summed E-state index contributed by atoms with van der Waals surface area (Å²) in [4.78, 5) is 0. The molecule has 4 rings (SSSR count). The third-order valence-corrected chi connectivity index (χ3v) is 5.84. The molecule has 2 unspecified atom stereocenters. The van der Waals surface area contributed by atoms with E-state index in [1.807, 2.05) is 6.07 Å². The molecular weight excluding hydrogens is 350 g/mol. The van der Waals surface area contributed by atoms with Crippen molar-refractivity contribution in [3.05, 3.63) is 65.2 Å². The first kappa shape index (κ1) is 18.6. The number of rotatable bonds is 5. The molecule has 0 saturated heterocycles. The van der Waals surface area contributed by atoms with Gasteiger partial charge in [-0.25, -0.2) is 0 Å². The molecule has 3 aromatic carbocycles. The van der Waals surface area contributed by atoms with Gasteiger partial charge in [0.1, 0.15) is 5.75 Å². The van der Waals surface area contributed by atoms with Crippen LogP contribution in [0.15, 0.2) is 48.5 Å². The van der Waals surface area contributed by atoms with Crippen molar-refractivity contribution in [1.82, 2.24) is 5.32 Å². The Hall–Kier alpha value is -2.72. The zero-order valence-corrected chi connectivity index (χ0v) is 16.9. The molecule has 4 heteroatoms. The molecule has 0 saturated carbocycles. The standard InChI is InChI=1S/C24H27NO3/c1-15(16-5-6-18-12-20(26-2)8-7-17(18)11-16)24-21-14-23(28-4)22(27-3)13-19(21)9-10-25-24/h5-8,11-15,24-25H,9-10H2,1-4H3. The van der Waals surface area contributed by atoms with Crippen LogP contribution in [0.4, 0.5) is 0 Å². The first-order valence-corrected chi connectivity index (χ1v) is 9.70. The smallest absolute Gasteiger partial charge is 0.161 e. The average Bonchev–Trinajstić information content (AvgIpc) is 2.76. The fraction of sp³-hybridized carbons (Fsp3) is 0.333. The van der Waals surface area contributed by atoms with Gasteiger partial charge >= 0.3 is 0 Å². The van der Waals surface area contributed by atoms with Gasteiger partial charge in [0.2, 0.25) is 0 Å². The first-order chi connectivity index (χ1) is 13.6. The number of fused-ring (bicyclic) bond motifs is 2. The molecule has 3 aromatic rings. The van der Waals surface area contributed by atoms with E-state index in [1.165, 1.54) is 27.5 Å². The van der Waals surface area contributed by atoms with Gasteiger partial charge in [-0.3, -0.25) is 0 Å². The summed E-state index contributed by atoms with van der Waals surface area (Å²) in [6, 6.07) is 17.4. The van der Waals surface area contributed by atoms with Crippen LogP contribution in [0, 0.1) is 0 Å². The molecule has 28 heavy (non-hydrogen) atoms. The van der Waals surface area contributed by atoms with Gasteiger partial charge in [0.15, 0.2) is 11.5 Å². The van der Waals surface area contributed by atoms with Crippen LogP contribution in [0.5, 0.6) is 17.2 Å². The second-order valence-electron chi connectivity index (χ2n) is 7.35. The predicted octanol–water partition coefficient (Wildman–Crippen LogP) is 4.86. The van der Waals surface area contributed by atoms with Crippen molar-refractivity contribution < 1.29 is 14.2 Å². The Bertz CT molecular complexity index is 999. The number of nitrogens with one attached hydrogen (secondary N) is 1. The highest BCUT2D eigenvalue weighted by Gasteiger charge is 2.27. The Morgan fingerprint density at radius 3 is 2.32 bits per heavy atom. The maximum absolute atomic E-state index is 5.55. The predicted molar refractivity (Wildman–Crippen MR) is 113 cm³/mol. The summed E-state index contributed by atoms with van der Waals surface area (Å²) >= 11 is 0. The second-order valence-corrected chi connectivity index (χ2v) is 7.35. The number of hydrogen-bond acceptors (Lipinski definition) is 4. The monoisotopic (exact) mass is 377 g/mol. The third-order valence-electron chi connectivity index (χ3n) is 5.84. The van der Waals surface area contributed by atoms with E-state index < -0.39 is 0 Å². The summed E-state index contributed by atoms with van der Waals surface area (Å²) in [5.41, 5.74) is 3.95. The Morgan fingerprint density at radius 1 is 0.857 bits per heavy atom. The van der Waals surface area contributed by atoms with E-state index in [0.29, 0.717) is 5.92 Å². The lowest BCUT2D eigenvalue weighted by Crippen LogP contribution is -2.33. The fourth-order valence-corrected chi connectivity index (χ4v) is 4.21. The molecule has 0 spiro atoms. The van der Waals surface area contributed by atoms with Crippen molar-refractivity contribution in [2.45, 2.75) is 25.3 Å². The van der Waals surface area contributed by atoms with Gasteiger partial charge in [0, 0.05) is 12.0 Å². The lowest BCUT2D eigenvalue weighted by Gasteiger charge is -2.32. The molecule has 0 aliphatic carbocycles. The highest BCUT2D eigenvalue weighted by atomic mass is 16.5. The number of methoxy groups -OCH3 is 3. The van der Waals surface area contributed by atoms with Gasteiger partial charge in [-0.15, -0.1) is 0 Å². The first-order valence-electron chi connectivity index (χ1n) is 9.70. The van der Waals surface area contributed by atoms with Gasteiger partial charge in [0.05, 0.1) is 21.3 Å². The Morgan fingerprint density at radius 2 is 1.57 bits per heavy atom. The van der Waals surface area contributed by atoms with Crippen LogP contribution in [0.3, 0.4) is 0 Å².